The molecule has 0 aliphatic carbocycles. The van der Waals surface area contributed by atoms with Gasteiger partial charge in [0.2, 0.25) is 11.8 Å². The number of piperazine rings is 1. The second-order valence-electron chi connectivity index (χ2n) is 3.68. The third-order valence-corrected chi connectivity index (χ3v) is 2.35. The lowest BCUT2D eigenvalue weighted by atomic mass is 10.2. The molecule has 1 N–H and O–H groups in total. The zero-order valence-corrected chi connectivity index (χ0v) is 9.21. The van der Waals surface area contributed by atoms with Crippen LogP contribution in [0, 0.1) is 11.3 Å². The summed E-state index contributed by atoms with van der Waals surface area (Å²) < 4.78 is 0. The predicted molar refractivity (Wildman–Crippen MR) is 58.0 cm³/mol. The van der Waals surface area contributed by atoms with Crippen LogP contribution in [0.15, 0.2) is 18.3 Å². The Kier molecular flexibility index (Phi) is 3.02. The maximum atomic E-state index is 11.9. The number of aromatic nitrogens is 1. The first-order chi connectivity index (χ1) is 8.60. The fraction of sp³-hybridized carbons (Fsp3) is 0.182. The number of hydrogen-bond acceptors (Lipinski definition) is 5. The summed E-state index contributed by atoms with van der Waals surface area (Å²) in [6.07, 6.45) is 1.26. The Balaban J connectivity index is 2.17. The van der Waals surface area contributed by atoms with Crippen LogP contribution >= 0.6 is 0 Å². The molecule has 3 amide bonds. The maximum absolute atomic E-state index is 11.9. The number of carbonyl (C=O) groups is 3. The lowest BCUT2D eigenvalue weighted by molar-refractivity contribution is -0.135. The Labute approximate surface area is 102 Å². The third-order valence-electron chi connectivity index (χ3n) is 2.35. The molecule has 1 aromatic heterocycles. The average molecular weight is 244 g/mol. The van der Waals surface area contributed by atoms with Crippen molar-refractivity contribution < 1.29 is 14.4 Å². The van der Waals surface area contributed by atoms with E-state index >= 15 is 0 Å². The molecule has 0 radical (unpaired) electrons. The molecule has 7 heteroatoms. The van der Waals surface area contributed by atoms with Crippen LogP contribution in [0.25, 0.3) is 0 Å². The SMILES string of the molecule is N#Cc1ccc(C(=O)N2CC(=O)NC(=O)C2)nc1. The average Bonchev–Trinajstić information content (AvgIpc) is 2.37. The van der Waals surface area contributed by atoms with Gasteiger partial charge in [0, 0.05) is 6.20 Å². The largest absolute Gasteiger partial charge is 0.319 e. The van der Waals surface area contributed by atoms with Crippen molar-refractivity contribution in [2.24, 2.45) is 0 Å². The quantitative estimate of drug-likeness (QED) is 0.641. The van der Waals surface area contributed by atoms with Gasteiger partial charge >= 0.3 is 0 Å². The highest BCUT2D eigenvalue weighted by atomic mass is 16.2. The van der Waals surface area contributed by atoms with Gasteiger partial charge in [0.1, 0.15) is 24.9 Å². The van der Waals surface area contributed by atoms with Crippen LogP contribution in [-0.4, -0.2) is 40.7 Å². The van der Waals surface area contributed by atoms with E-state index in [2.05, 4.69) is 10.3 Å². The van der Waals surface area contributed by atoms with Gasteiger partial charge in [-0.3, -0.25) is 19.7 Å². The highest BCUT2D eigenvalue weighted by Gasteiger charge is 2.27. The summed E-state index contributed by atoms with van der Waals surface area (Å²) in [6, 6.07) is 4.72. The van der Waals surface area contributed by atoms with E-state index in [4.69, 9.17) is 5.26 Å². The Morgan fingerprint density at radius 2 is 2.00 bits per heavy atom. The van der Waals surface area contributed by atoms with Gasteiger partial charge in [0.25, 0.3) is 5.91 Å². The molecule has 0 aromatic carbocycles. The van der Waals surface area contributed by atoms with Crippen molar-refractivity contribution in [3.8, 4) is 6.07 Å². The van der Waals surface area contributed by atoms with Crippen molar-refractivity contribution >= 4 is 17.7 Å². The Hall–Kier alpha value is -2.75. The van der Waals surface area contributed by atoms with Crippen LogP contribution in [0.1, 0.15) is 16.1 Å². The molecule has 0 atom stereocenters. The Morgan fingerprint density at radius 3 is 2.50 bits per heavy atom. The highest BCUT2D eigenvalue weighted by molar-refractivity contribution is 6.05. The van der Waals surface area contributed by atoms with Crippen molar-refractivity contribution in [2.45, 2.75) is 0 Å². The number of nitrogens with one attached hydrogen (secondary N) is 1. The highest BCUT2D eigenvalue weighted by Crippen LogP contribution is 2.05. The van der Waals surface area contributed by atoms with E-state index < -0.39 is 17.7 Å². The molecule has 1 aliphatic rings. The number of hydrogen-bond donors (Lipinski definition) is 1. The first-order valence-electron chi connectivity index (χ1n) is 5.08. The fourth-order valence-electron chi connectivity index (χ4n) is 1.53. The number of imide groups is 1. The van der Waals surface area contributed by atoms with E-state index in [9.17, 15) is 14.4 Å². The van der Waals surface area contributed by atoms with Gasteiger partial charge < -0.3 is 4.90 Å². The molecular weight excluding hydrogens is 236 g/mol. The zero-order chi connectivity index (χ0) is 13.1. The fourth-order valence-corrected chi connectivity index (χ4v) is 1.53. The summed E-state index contributed by atoms with van der Waals surface area (Å²) in [7, 11) is 0. The van der Waals surface area contributed by atoms with Crippen molar-refractivity contribution in [3.05, 3.63) is 29.6 Å². The first kappa shape index (κ1) is 11.7. The van der Waals surface area contributed by atoms with E-state index in [-0.39, 0.29) is 18.8 Å². The summed E-state index contributed by atoms with van der Waals surface area (Å²) in [6.45, 7) is -0.349. The first-order valence-corrected chi connectivity index (χ1v) is 5.08. The lowest BCUT2D eigenvalue weighted by Crippen LogP contribution is -2.53. The van der Waals surface area contributed by atoms with Crippen LogP contribution < -0.4 is 5.32 Å². The smallest absolute Gasteiger partial charge is 0.273 e. The lowest BCUT2D eigenvalue weighted by Gasteiger charge is -2.24. The summed E-state index contributed by atoms with van der Waals surface area (Å²) in [5, 5.41) is 10.7. The van der Waals surface area contributed by atoms with Crippen LogP contribution in [0.2, 0.25) is 0 Å². The molecule has 1 fully saturated rings. The van der Waals surface area contributed by atoms with Crippen LogP contribution in [0.5, 0.6) is 0 Å². The zero-order valence-electron chi connectivity index (χ0n) is 9.21. The van der Waals surface area contributed by atoms with Gasteiger partial charge in [0.05, 0.1) is 5.56 Å². The van der Waals surface area contributed by atoms with Gasteiger partial charge in [-0.05, 0) is 12.1 Å². The van der Waals surface area contributed by atoms with Gasteiger partial charge in [-0.2, -0.15) is 5.26 Å². The summed E-state index contributed by atoms with van der Waals surface area (Å²) in [5.41, 5.74) is 0.426. The number of carbonyl (C=O) groups excluding carboxylic acids is 3. The summed E-state index contributed by atoms with van der Waals surface area (Å²) in [4.78, 5) is 39.1. The normalized spacial score (nSPS) is 14.9. The van der Waals surface area contributed by atoms with Gasteiger partial charge in [-0.15, -0.1) is 0 Å². The van der Waals surface area contributed by atoms with Crippen molar-refractivity contribution in [3.63, 3.8) is 0 Å². The van der Waals surface area contributed by atoms with Gasteiger partial charge in [-0.25, -0.2) is 4.98 Å². The molecule has 2 rings (SSSR count). The standard InChI is InChI=1S/C11H8N4O3/c12-3-7-1-2-8(13-4-7)11(18)15-5-9(16)14-10(17)6-15/h1-2,4H,5-6H2,(H,14,16,17). The minimum atomic E-state index is -0.520. The van der Waals surface area contributed by atoms with Gasteiger partial charge in [-0.1, -0.05) is 0 Å². The monoisotopic (exact) mass is 244 g/mol. The number of amides is 3. The minimum Gasteiger partial charge on any atom is -0.319 e. The number of pyridine rings is 1. The van der Waals surface area contributed by atoms with E-state index in [1.165, 1.54) is 18.3 Å². The maximum Gasteiger partial charge on any atom is 0.273 e. The number of nitriles is 1. The van der Waals surface area contributed by atoms with Crippen LogP contribution in [-0.2, 0) is 9.59 Å². The van der Waals surface area contributed by atoms with E-state index in [0.29, 0.717) is 5.56 Å². The molecule has 1 aliphatic heterocycles. The van der Waals surface area contributed by atoms with Crippen LogP contribution in [0.4, 0.5) is 0 Å². The molecule has 0 bridgehead atoms. The van der Waals surface area contributed by atoms with E-state index in [1.807, 2.05) is 6.07 Å². The Bertz CT molecular complexity index is 543. The Morgan fingerprint density at radius 1 is 1.33 bits per heavy atom. The van der Waals surface area contributed by atoms with Crippen molar-refractivity contribution in [1.82, 2.24) is 15.2 Å². The molecule has 0 unspecified atom stereocenters. The molecule has 1 saturated heterocycles. The second kappa shape index (κ2) is 4.63. The van der Waals surface area contributed by atoms with Crippen molar-refractivity contribution in [2.75, 3.05) is 13.1 Å². The summed E-state index contributed by atoms with van der Waals surface area (Å²) >= 11 is 0. The minimum absolute atomic E-state index is 0.0940. The van der Waals surface area contributed by atoms with E-state index in [0.717, 1.165) is 4.90 Å². The number of nitrogens with zero attached hydrogens (tertiary/aromatic N) is 3. The molecule has 7 nitrogen and oxygen atoms in total. The molecule has 1 aromatic rings. The summed E-state index contributed by atoms with van der Waals surface area (Å²) in [5.74, 6) is -1.55. The molecule has 0 saturated carbocycles. The molecule has 2 heterocycles. The second-order valence-corrected chi connectivity index (χ2v) is 3.68. The topological polar surface area (TPSA) is 103 Å². The molecule has 90 valence electrons. The number of rotatable bonds is 1. The predicted octanol–water partition coefficient (Wildman–Crippen LogP) is -0.948. The van der Waals surface area contributed by atoms with Gasteiger partial charge in [0.15, 0.2) is 0 Å². The van der Waals surface area contributed by atoms with Crippen molar-refractivity contribution in [1.29, 1.82) is 5.26 Å². The van der Waals surface area contributed by atoms with E-state index in [1.54, 1.807) is 0 Å². The third kappa shape index (κ3) is 2.32. The molecular formula is C11H8N4O3. The van der Waals surface area contributed by atoms with Crippen LogP contribution in [0.3, 0.4) is 0 Å². The molecule has 0 spiro atoms. The molecule has 18 heavy (non-hydrogen) atoms.